The molecule has 0 aromatic heterocycles. The standard InChI is InChI=1S/C17H19NO/c1-14-7-5-6-10-16(14)11-12-17(19)18-13-15-8-3-2-4-9-15/h2-10H,11-13H2,1H3,(H,18,19). The van der Waals surface area contributed by atoms with Crippen molar-refractivity contribution in [2.45, 2.75) is 26.3 Å². The SMILES string of the molecule is Cc1ccccc1CCC(=O)NCc1ccccc1. The minimum Gasteiger partial charge on any atom is -0.352 e. The monoisotopic (exact) mass is 253 g/mol. The average molecular weight is 253 g/mol. The van der Waals surface area contributed by atoms with Crippen LogP contribution in [0.4, 0.5) is 0 Å². The molecule has 2 nitrogen and oxygen atoms in total. The lowest BCUT2D eigenvalue weighted by molar-refractivity contribution is -0.121. The fourth-order valence-corrected chi connectivity index (χ4v) is 2.02. The third-order valence-electron chi connectivity index (χ3n) is 3.22. The Morgan fingerprint density at radius 1 is 1.00 bits per heavy atom. The molecular formula is C17H19NO. The molecule has 0 bridgehead atoms. The third kappa shape index (κ3) is 4.25. The van der Waals surface area contributed by atoms with Gasteiger partial charge in [-0.25, -0.2) is 0 Å². The highest BCUT2D eigenvalue weighted by atomic mass is 16.1. The fourth-order valence-electron chi connectivity index (χ4n) is 2.02. The second-order valence-corrected chi connectivity index (χ2v) is 4.69. The van der Waals surface area contributed by atoms with E-state index in [1.165, 1.54) is 11.1 Å². The number of carbonyl (C=O) groups excluding carboxylic acids is 1. The first-order valence-electron chi connectivity index (χ1n) is 6.61. The topological polar surface area (TPSA) is 29.1 Å². The van der Waals surface area contributed by atoms with E-state index >= 15 is 0 Å². The predicted molar refractivity (Wildman–Crippen MR) is 77.8 cm³/mol. The van der Waals surface area contributed by atoms with Crippen LogP contribution in [0, 0.1) is 6.92 Å². The quantitative estimate of drug-likeness (QED) is 0.870. The summed E-state index contributed by atoms with van der Waals surface area (Å²) in [6, 6.07) is 18.2. The van der Waals surface area contributed by atoms with Gasteiger partial charge in [-0.1, -0.05) is 54.6 Å². The molecule has 0 atom stereocenters. The maximum Gasteiger partial charge on any atom is 0.220 e. The zero-order chi connectivity index (χ0) is 13.5. The lowest BCUT2D eigenvalue weighted by Crippen LogP contribution is -2.23. The van der Waals surface area contributed by atoms with Gasteiger partial charge in [0.05, 0.1) is 0 Å². The van der Waals surface area contributed by atoms with Crippen molar-refractivity contribution in [2.75, 3.05) is 0 Å². The minimum absolute atomic E-state index is 0.104. The molecule has 0 aliphatic rings. The zero-order valence-electron chi connectivity index (χ0n) is 11.2. The Bertz CT molecular complexity index is 534. The number of nitrogens with one attached hydrogen (secondary N) is 1. The van der Waals surface area contributed by atoms with E-state index in [9.17, 15) is 4.79 Å². The summed E-state index contributed by atoms with van der Waals surface area (Å²) in [4.78, 5) is 11.8. The molecule has 98 valence electrons. The maximum atomic E-state index is 11.8. The van der Waals surface area contributed by atoms with E-state index in [0.29, 0.717) is 13.0 Å². The molecule has 2 aromatic rings. The Hall–Kier alpha value is -2.09. The molecule has 0 unspecified atom stereocenters. The van der Waals surface area contributed by atoms with Gasteiger partial charge in [-0.2, -0.15) is 0 Å². The first-order valence-corrected chi connectivity index (χ1v) is 6.61. The summed E-state index contributed by atoms with van der Waals surface area (Å²) in [5.74, 6) is 0.104. The zero-order valence-corrected chi connectivity index (χ0v) is 11.2. The number of hydrogen-bond acceptors (Lipinski definition) is 1. The molecule has 0 aliphatic heterocycles. The third-order valence-corrected chi connectivity index (χ3v) is 3.22. The molecule has 0 radical (unpaired) electrons. The van der Waals surface area contributed by atoms with Crippen LogP contribution in [0.3, 0.4) is 0 Å². The van der Waals surface area contributed by atoms with Crippen molar-refractivity contribution >= 4 is 5.91 Å². The van der Waals surface area contributed by atoms with Crippen LogP contribution in [-0.4, -0.2) is 5.91 Å². The molecule has 1 amide bonds. The van der Waals surface area contributed by atoms with Crippen molar-refractivity contribution in [3.8, 4) is 0 Å². The van der Waals surface area contributed by atoms with Gasteiger partial charge >= 0.3 is 0 Å². The van der Waals surface area contributed by atoms with E-state index in [1.54, 1.807) is 0 Å². The molecule has 2 aromatic carbocycles. The number of hydrogen-bond donors (Lipinski definition) is 1. The van der Waals surface area contributed by atoms with Crippen molar-refractivity contribution in [1.29, 1.82) is 0 Å². The lowest BCUT2D eigenvalue weighted by atomic mass is 10.0. The van der Waals surface area contributed by atoms with Gasteiger partial charge in [0.2, 0.25) is 5.91 Å². The average Bonchev–Trinajstić information content (AvgIpc) is 2.45. The minimum atomic E-state index is 0.104. The van der Waals surface area contributed by atoms with Crippen molar-refractivity contribution in [3.63, 3.8) is 0 Å². The summed E-state index contributed by atoms with van der Waals surface area (Å²) in [5.41, 5.74) is 3.63. The Balaban J connectivity index is 1.78. The molecule has 0 saturated carbocycles. The van der Waals surface area contributed by atoms with Crippen LogP contribution in [0.2, 0.25) is 0 Å². The van der Waals surface area contributed by atoms with Crippen LogP contribution >= 0.6 is 0 Å². The van der Waals surface area contributed by atoms with Gasteiger partial charge < -0.3 is 5.32 Å². The number of carbonyl (C=O) groups is 1. The molecule has 0 spiro atoms. The predicted octanol–water partition coefficient (Wildman–Crippen LogP) is 3.24. The van der Waals surface area contributed by atoms with Crippen LogP contribution in [-0.2, 0) is 17.8 Å². The summed E-state index contributed by atoms with van der Waals surface area (Å²) in [7, 11) is 0. The fraction of sp³-hybridized carbons (Fsp3) is 0.235. The Morgan fingerprint density at radius 2 is 1.68 bits per heavy atom. The van der Waals surface area contributed by atoms with Gasteiger partial charge in [-0.3, -0.25) is 4.79 Å². The number of aryl methyl sites for hydroxylation is 2. The summed E-state index contributed by atoms with van der Waals surface area (Å²) >= 11 is 0. The summed E-state index contributed by atoms with van der Waals surface area (Å²) < 4.78 is 0. The van der Waals surface area contributed by atoms with E-state index in [2.05, 4.69) is 24.4 Å². The first-order chi connectivity index (χ1) is 9.25. The van der Waals surface area contributed by atoms with Gasteiger partial charge in [0.25, 0.3) is 0 Å². The maximum absolute atomic E-state index is 11.8. The molecule has 2 rings (SSSR count). The van der Waals surface area contributed by atoms with Crippen LogP contribution in [0.1, 0.15) is 23.1 Å². The van der Waals surface area contributed by atoms with E-state index < -0.39 is 0 Å². The molecule has 0 heterocycles. The van der Waals surface area contributed by atoms with Crippen LogP contribution in [0.5, 0.6) is 0 Å². The number of benzene rings is 2. The van der Waals surface area contributed by atoms with Gasteiger partial charge in [0.1, 0.15) is 0 Å². The van der Waals surface area contributed by atoms with Crippen molar-refractivity contribution in [1.82, 2.24) is 5.32 Å². The van der Waals surface area contributed by atoms with E-state index in [1.807, 2.05) is 42.5 Å². The van der Waals surface area contributed by atoms with E-state index in [0.717, 1.165) is 12.0 Å². The molecule has 1 N–H and O–H groups in total. The van der Waals surface area contributed by atoms with Crippen LogP contribution in [0.15, 0.2) is 54.6 Å². The van der Waals surface area contributed by atoms with E-state index in [4.69, 9.17) is 0 Å². The second-order valence-electron chi connectivity index (χ2n) is 4.69. The van der Waals surface area contributed by atoms with E-state index in [-0.39, 0.29) is 5.91 Å². The van der Waals surface area contributed by atoms with Gasteiger partial charge in [-0.05, 0) is 30.0 Å². The normalized spacial score (nSPS) is 10.2. The Labute approximate surface area is 114 Å². The highest BCUT2D eigenvalue weighted by Crippen LogP contribution is 2.09. The summed E-state index contributed by atoms with van der Waals surface area (Å²) in [6.45, 7) is 2.69. The highest BCUT2D eigenvalue weighted by molar-refractivity contribution is 5.76. The van der Waals surface area contributed by atoms with Gasteiger partial charge in [0.15, 0.2) is 0 Å². The molecule has 0 fully saturated rings. The van der Waals surface area contributed by atoms with Crippen molar-refractivity contribution in [3.05, 3.63) is 71.3 Å². The summed E-state index contributed by atoms with van der Waals surface area (Å²) in [5, 5.41) is 2.95. The Kier molecular flexibility index (Phi) is 4.73. The van der Waals surface area contributed by atoms with Crippen molar-refractivity contribution < 1.29 is 4.79 Å². The summed E-state index contributed by atoms with van der Waals surface area (Å²) in [6.07, 6.45) is 1.34. The highest BCUT2D eigenvalue weighted by Gasteiger charge is 2.03. The van der Waals surface area contributed by atoms with Gasteiger partial charge in [0, 0.05) is 13.0 Å². The Morgan fingerprint density at radius 3 is 2.42 bits per heavy atom. The molecule has 19 heavy (non-hydrogen) atoms. The number of rotatable bonds is 5. The molecule has 2 heteroatoms. The number of amides is 1. The van der Waals surface area contributed by atoms with Crippen LogP contribution in [0.25, 0.3) is 0 Å². The van der Waals surface area contributed by atoms with Crippen molar-refractivity contribution in [2.24, 2.45) is 0 Å². The van der Waals surface area contributed by atoms with Gasteiger partial charge in [-0.15, -0.1) is 0 Å². The lowest BCUT2D eigenvalue weighted by Gasteiger charge is -2.07. The first kappa shape index (κ1) is 13.3. The second kappa shape index (κ2) is 6.74. The molecule has 0 saturated heterocycles. The van der Waals surface area contributed by atoms with Crippen LogP contribution < -0.4 is 5.32 Å². The largest absolute Gasteiger partial charge is 0.352 e. The molecular weight excluding hydrogens is 234 g/mol. The molecule has 0 aliphatic carbocycles. The smallest absolute Gasteiger partial charge is 0.220 e.